The van der Waals surface area contributed by atoms with Gasteiger partial charge in [-0.15, -0.1) is 0 Å². The lowest BCUT2D eigenvalue weighted by molar-refractivity contribution is -0.142. The Morgan fingerprint density at radius 1 is 1.10 bits per heavy atom. The van der Waals surface area contributed by atoms with Crippen LogP contribution in [0.3, 0.4) is 0 Å². The van der Waals surface area contributed by atoms with Gasteiger partial charge in [-0.3, -0.25) is 24.5 Å². The lowest BCUT2D eigenvalue weighted by Gasteiger charge is -2.39. The Kier molecular flexibility index (Phi) is 5.35. The maximum atomic E-state index is 12.9. The van der Waals surface area contributed by atoms with Crippen molar-refractivity contribution in [2.24, 2.45) is 0 Å². The van der Waals surface area contributed by atoms with Gasteiger partial charge in [-0.05, 0) is 54.7 Å². The summed E-state index contributed by atoms with van der Waals surface area (Å²) in [5.41, 5.74) is 2.97. The predicted octanol–water partition coefficient (Wildman–Crippen LogP) is 2.33. The zero-order chi connectivity index (χ0) is 22.2. The second-order valence-corrected chi connectivity index (χ2v) is 8.27. The van der Waals surface area contributed by atoms with E-state index in [1.165, 1.54) is 10.5 Å². The smallest absolute Gasteiger partial charge is 0.255 e. The number of benzene rings is 2. The van der Waals surface area contributed by atoms with Crippen molar-refractivity contribution >= 4 is 23.6 Å². The van der Waals surface area contributed by atoms with Crippen molar-refractivity contribution in [2.45, 2.75) is 51.7 Å². The molecule has 7 nitrogen and oxygen atoms in total. The van der Waals surface area contributed by atoms with E-state index in [0.717, 1.165) is 17.5 Å². The molecule has 2 heterocycles. The van der Waals surface area contributed by atoms with Crippen LogP contribution in [0.5, 0.6) is 0 Å². The lowest BCUT2D eigenvalue weighted by atomic mass is 9.89. The van der Waals surface area contributed by atoms with Crippen molar-refractivity contribution in [2.75, 3.05) is 0 Å². The van der Waals surface area contributed by atoms with Crippen molar-refractivity contribution in [3.8, 4) is 0 Å². The highest BCUT2D eigenvalue weighted by Crippen LogP contribution is 2.34. The summed E-state index contributed by atoms with van der Waals surface area (Å²) in [7, 11) is 0. The van der Waals surface area contributed by atoms with E-state index in [0.29, 0.717) is 30.6 Å². The van der Waals surface area contributed by atoms with Crippen LogP contribution in [-0.4, -0.2) is 34.1 Å². The number of fused-ring (bicyclic) bond motifs is 1. The highest BCUT2D eigenvalue weighted by Gasteiger charge is 2.48. The van der Waals surface area contributed by atoms with Crippen LogP contribution in [0, 0.1) is 0 Å². The molecular formula is C24H25N3O4. The Morgan fingerprint density at radius 3 is 2.48 bits per heavy atom. The van der Waals surface area contributed by atoms with Gasteiger partial charge in [0.15, 0.2) is 0 Å². The topological polar surface area (TPSA) is 95.6 Å². The standard InChI is InChI=1S/C24H25N3O4/c1-3-15-4-7-17(8-5-15)21(29)25-13-16-6-9-19-18(12-16)14-27(22(19)30)24(2)11-10-20(28)26-23(24)31/h4-9,12H,3,10-11,13-14H2,1-2H3,(H,25,29)(H,26,28,31)/t24-/m0/s1. The van der Waals surface area contributed by atoms with Gasteiger partial charge in [-0.1, -0.05) is 31.2 Å². The van der Waals surface area contributed by atoms with Crippen molar-refractivity contribution in [1.82, 2.24) is 15.5 Å². The van der Waals surface area contributed by atoms with Crippen LogP contribution >= 0.6 is 0 Å². The highest BCUT2D eigenvalue weighted by atomic mass is 16.2. The summed E-state index contributed by atoms with van der Waals surface area (Å²) in [6.07, 6.45) is 1.43. The SMILES string of the molecule is CCc1ccc(C(=O)NCc2ccc3c(c2)CN([C@@]2(C)CCC(=O)NC2=O)C3=O)cc1. The quantitative estimate of drug-likeness (QED) is 0.727. The Balaban J connectivity index is 1.45. The predicted molar refractivity (Wildman–Crippen MR) is 114 cm³/mol. The van der Waals surface area contributed by atoms with E-state index in [1.54, 1.807) is 13.0 Å². The van der Waals surface area contributed by atoms with Crippen molar-refractivity contribution < 1.29 is 19.2 Å². The van der Waals surface area contributed by atoms with Gasteiger partial charge in [-0.25, -0.2) is 0 Å². The zero-order valence-electron chi connectivity index (χ0n) is 17.7. The number of hydrogen-bond donors (Lipinski definition) is 2. The first-order valence-electron chi connectivity index (χ1n) is 10.5. The van der Waals surface area contributed by atoms with E-state index in [1.807, 2.05) is 36.4 Å². The van der Waals surface area contributed by atoms with Crippen LogP contribution in [0.1, 0.15) is 64.1 Å². The van der Waals surface area contributed by atoms with E-state index < -0.39 is 11.4 Å². The second kappa shape index (κ2) is 7.98. The molecule has 2 aliphatic rings. The number of nitrogens with zero attached hydrogens (tertiary/aromatic N) is 1. The van der Waals surface area contributed by atoms with Gasteiger partial charge < -0.3 is 10.2 Å². The molecule has 2 aromatic carbocycles. The van der Waals surface area contributed by atoms with Crippen molar-refractivity contribution in [1.29, 1.82) is 0 Å². The highest BCUT2D eigenvalue weighted by molar-refractivity contribution is 6.07. The molecule has 0 unspecified atom stereocenters. The number of carbonyl (C=O) groups excluding carboxylic acids is 4. The molecule has 0 aliphatic carbocycles. The molecular weight excluding hydrogens is 394 g/mol. The van der Waals surface area contributed by atoms with E-state index in [-0.39, 0.29) is 24.1 Å². The lowest BCUT2D eigenvalue weighted by Crippen LogP contribution is -2.61. The molecule has 31 heavy (non-hydrogen) atoms. The van der Waals surface area contributed by atoms with Gasteiger partial charge in [0.25, 0.3) is 17.7 Å². The monoisotopic (exact) mass is 419 g/mol. The fourth-order valence-electron chi connectivity index (χ4n) is 4.11. The summed E-state index contributed by atoms with van der Waals surface area (Å²) in [4.78, 5) is 50.9. The van der Waals surface area contributed by atoms with Crippen molar-refractivity contribution in [3.63, 3.8) is 0 Å². The number of carbonyl (C=O) groups is 4. The molecule has 4 rings (SSSR count). The number of hydrogen-bond acceptors (Lipinski definition) is 4. The van der Waals surface area contributed by atoms with Gasteiger partial charge in [0.05, 0.1) is 0 Å². The second-order valence-electron chi connectivity index (χ2n) is 8.27. The molecule has 4 amide bonds. The molecule has 2 N–H and O–H groups in total. The molecule has 0 saturated carbocycles. The maximum absolute atomic E-state index is 12.9. The molecule has 7 heteroatoms. The summed E-state index contributed by atoms with van der Waals surface area (Å²) in [5, 5.41) is 5.25. The minimum absolute atomic E-state index is 0.156. The number of imide groups is 1. The van der Waals surface area contributed by atoms with Gasteiger partial charge in [-0.2, -0.15) is 0 Å². The van der Waals surface area contributed by atoms with E-state index >= 15 is 0 Å². The Hall–Kier alpha value is -3.48. The maximum Gasteiger partial charge on any atom is 0.255 e. The van der Waals surface area contributed by atoms with Crippen molar-refractivity contribution in [3.05, 3.63) is 70.3 Å². The fraction of sp³-hybridized carbons (Fsp3) is 0.333. The number of nitrogens with one attached hydrogen (secondary N) is 2. The van der Waals surface area contributed by atoms with E-state index in [9.17, 15) is 19.2 Å². The minimum atomic E-state index is -1.05. The van der Waals surface area contributed by atoms with Crippen LogP contribution in [0.25, 0.3) is 0 Å². The van der Waals surface area contributed by atoms with Gasteiger partial charge in [0.1, 0.15) is 5.54 Å². The minimum Gasteiger partial charge on any atom is -0.348 e. The summed E-state index contributed by atoms with van der Waals surface area (Å²) in [6, 6.07) is 13.0. The Bertz CT molecular complexity index is 1080. The molecule has 1 atom stereocenters. The molecule has 1 saturated heterocycles. The third kappa shape index (κ3) is 3.83. The van der Waals surface area contributed by atoms with Crippen LogP contribution in [0.4, 0.5) is 0 Å². The number of amides is 4. The molecule has 2 aliphatic heterocycles. The summed E-state index contributed by atoms with van der Waals surface area (Å²) in [6.45, 7) is 4.40. The van der Waals surface area contributed by atoms with Gasteiger partial charge >= 0.3 is 0 Å². The molecule has 0 spiro atoms. The average molecular weight is 419 g/mol. The number of piperidine rings is 1. The third-order valence-corrected chi connectivity index (χ3v) is 6.23. The largest absolute Gasteiger partial charge is 0.348 e. The number of aryl methyl sites for hydroxylation is 1. The number of rotatable bonds is 5. The summed E-state index contributed by atoms with van der Waals surface area (Å²) >= 11 is 0. The van der Waals surface area contributed by atoms with Crippen LogP contribution in [-0.2, 0) is 29.1 Å². The molecule has 0 aromatic heterocycles. The molecule has 2 aromatic rings. The third-order valence-electron chi connectivity index (χ3n) is 6.23. The molecule has 0 bridgehead atoms. The summed E-state index contributed by atoms with van der Waals surface area (Å²) in [5.74, 6) is -1.12. The zero-order valence-corrected chi connectivity index (χ0v) is 17.7. The van der Waals surface area contributed by atoms with Gasteiger partial charge in [0.2, 0.25) is 5.91 Å². The van der Waals surface area contributed by atoms with Crippen LogP contribution < -0.4 is 10.6 Å². The first-order chi connectivity index (χ1) is 14.8. The fourth-order valence-corrected chi connectivity index (χ4v) is 4.11. The van der Waals surface area contributed by atoms with E-state index in [2.05, 4.69) is 17.6 Å². The Morgan fingerprint density at radius 2 is 1.81 bits per heavy atom. The normalized spacial score (nSPS) is 20.5. The molecule has 1 fully saturated rings. The van der Waals surface area contributed by atoms with E-state index in [4.69, 9.17) is 0 Å². The van der Waals surface area contributed by atoms with Gasteiger partial charge in [0, 0.05) is 30.6 Å². The average Bonchev–Trinajstić information content (AvgIpc) is 3.11. The van der Waals surface area contributed by atoms with Crippen LogP contribution in [0.2, 0.25) is 0 Å². The summed E-state index contributed by atoms with van der Waals surface area (Å²) < 4.78 is 0. The Labute approximate surface area is 180 Å². The first-order valence-corrected chi connectivity index (χ1v) is 10.5. The molecule has 160 valence electrons. The van der Waals surface area contributed by atoms with Crippen LogP contribution in [0.15, 0.2) is 42.5 Å². The first kappa shape index (κ1) is 20.8. The molecule has 0 radical (unpaired) electrons.